The number of rotatable bonds is 5. The first-order valence-electron chi connectivity index (χ1n) is 9.47. The van der Waals surface area contributed by atoms with Crippen LogP contribution in [0.5, 0.6) is 0 Å². The number of carbonyl (C=O) groups is 1. The Kier molecular flexibility index (Phi) is 6.02. The largest absolute Gasteiger partial charge is 0.345 e. The maximum atomic E-state index is 12.6. The second-order valence-corrected chi connectivity index (χ2v) is 6.86. The molecule has 2 aromatic carbocycles. The van der Waals surface area contributed by atoms with Crippen LogP contribution in [0.2, 0.25) is 0 Å². The molecule has 0 radical (unpaired) electrons. The minimum Gasteiger partial charge on any atom is -0.345 e. The summed E-state index contributed by atoms with van der Waals surface area (Å²) in [5, 5.41) is 0. The van der Waals surface area contributed by atoms with Gasteiger partial charge in [-0.05, 0) is 63.5 Å². The van der Waals surface area contributed by atoms with Crippen molar-refractivity contribution in [2.75, 3.05) is 11.4 Å². The van der Waals surface area contributed by atoms with Crippen LogP contribution < -0.4 is 4.90 Å². The van der Waals surface area contributed by atoms with Crippen molar-refractivity contribution in [1.29, 1.82) is 0 Å². The van der Waals surface area contributed by atoms with Crippen molar-refractivity contribution in [1.82, 2.24) is 0 Å². The lowest BCUT2D eigenvalue weighted by molar-refractivity contribution is -0.110. The molecule has 0 saturated heterocycles. The second-order valence-electron chi connectivity index (χ2n) is 6.86. The predicted octanol–water partition coefficient (Wildman–Crippen LogP) is 5.74. The van der Waals surface area contributed by atoms with Crippen LogP contribution in [-0.2, 0) is 11.2 Å². The monoisotopic (exact) mass is 358 g/mol. The number of hydrogen-bond acceptors (Lipinski definition) is 3. The Morgan fingerprint density at radius 3 is 2.59 bits per heavy atom. The topological polar surface area (TPSA) is 32.7 Å². The first-order chi connectivity index (χ1) is 13.1. The smallest absolute Gasteiger partial charge is 0.180 e. The number of anilines is 1. The van der Waals surface area contributed by atoms with Crippen LogP contribution in [0.25, 0.3) is 6.08 Å². The molecule has 0 N–H and O–H groups in total. The Morgan fingerprint density at radius 2 is 1.81 bits per heavy atom. The van der Waals surface area contributed by atoms with Gasteiger partial charge in [-0.2, -0.15) is 0 Å². The van der Waals surface area contributed by atoms with Crippen molar-refractivity contribution in [3.8, 4) is 0 Å². The van der Waals surface area contributed by atoms with Crippen LogP contribution in [0, 0.1) is 0 Å². The minimum absolute atomic E-state index is 0.00911. The summed E-state index contributed by atoms with van der Waals surface area (Å²) in [5.41, 5.74) is 6.47. The lowest BCUT2D eigenvalue weighted by Crippen LogP contribution is -2.27. The fourth-order valence-electron chi connectivity index (χ4n) is 3.42. The van der Waals surface area contributed by atoms with Crippen LogP contribution in [0.4, 0.5) is 11.4 Å². The van der Waals surface area contributed by atoms with E-state index in [1.165, 1.54) is 11.3 Å². The average molecular weight is 358 g/mol. The van der Waals surface area contributed by atoms with Gasteiger partial charge in [-0.25, -0.2) is 0 Å². The standard InChI is InChI=1S/C24H26N2O/c1-4-26-21(15-13-20-10-6-8-12-24(20)26)17-22(27)16-14-19-9-5-7-11-23(19)25-18(2)3/h5-12,14,16-17H,4,13,15H2,1-3H3. The number of aryl methyl sites for hydroxylation is 1. The van der Waals surface area contributed by atoms with Gasteiger partial charge in [-0.3, -0.25) is 9.79 Å². The molecule has 3 heteroatoms. The number of allylic oxidation sites excluding steroid dienone is 3. The fourth-order valence-corrected chi connectivity index (χ4v) is 3.42. The van der Waals surface area contributed by atoms with Crippen LogP contribution in [0.15, 0.2) is 71.4 Å². The highest BCUT2D eigenvalue weighted by molar-refractivity contribution is 6.03. The second kappa shape index (κ2) is 8.63. The summed E-state index contributed by atoms with van der Waals surface area (Å²) in [7, 11) is 0. The molecule has 0 fully saturated rings. The van der Waals surface area contributed by atoms with Crippen molar-refractivity contribution in [2.45, 2.75) is 33.6 Å². The van der Waals surface area contributed by atoms with E-state index in [2.05, 4.69) is 41.1 Å². The molecule has 2 aromatic rings. The summed E-state index contributed by atoms with van der Waals surface area (Å²) in [5.74, 6) is 0.00911. The molecule has 0 atom stereocenters. The van der Waals surface area contributed by atoms with E-state index in [1.54, 1.807) is 12.2 Å². The summed E-state index contributed by atoms with van der Waals surface area (Å²) in [6.07, 6.45) is 7.13. The summed E-state index contributed by atoms with van der Waals surface area (Å²) in [6, 6.07) is 16.3. The normalized spacial score (nSPS) is 15.1. The SMILES string of the molecule is CCN1C(=CC(=O)C=Cc2ccccc2N=C(C)C)CCc2ccccc21. The van der Waals surface area contributed by atoms with Gasteiger partial charge in [0.15, 0.2) is 5.78 Å². The number of benzene rings is 2. The molecule has 1 heterocycles. The highest BCUT2D eigenvalue weighted by atomic mass is 16.1. The van der Waals surface area contributed by atoms with E-state index in [1.807, 2.05) is 44.2 Å². The van der Waals surface area contributed by atoms with Gasteiger partial charge < -0.3 is 4.90 Å². The Balaban J connectivity index is 1.82. The van der Waals surface area contributed by atoms with E-state index >= 15 is 0 Å². The van der Waals surface area contributed by atoms with Gasteiger partial charge >= 0.3 is 0 Å². The van der Waals surface area contributed by atoms with Gasteiger partial charge in [0.25, 0.3) is 0 Å². The summed E-state index contributed by atoms with van der Waals surface area (Å²) >= 11 is 0. The Bertz CT molecular complexity index is 917. The molecule has 27 heavy (non-hydrogen) atoms. The average Bonchev–Trinajstić information content (AvgIpc) is 2.66. The molecule has 1 aliphatic rings. The number of fused-ring (bicyclic) bond motifs is 1. The number of para-hydroxylation sites is 2. The molecule has 0 aliphatic carbocycles. The number of aliphatic imine (C=N–C) groups is 1. The zero-order chi connectivity index (χ0) is 19.2. The van der Waals surface area contributed by atoms with Crippen LogP contribution >= 0.6 is 0 Å². The van der Waals surface area contributed by atoms with Crippen molar-refractivity contribution in [3.05, 3.63) is 77.5 Å². The Morgan fingerprint density at radius 1 is 1.07 bits per heavy atom. The zero-order valence-electron chi connectivity index (χ0n) is 16.3. The summed E-state index contributed by atoms with van der Waals surface area (Å²) < 4.78 is 0. The van der Waals surface area contributed by atoms with Crippen LogP contribution in [0.3, 0.4) is 0 Å². The molecule has 1 aliphatic heterocycles. The van der Waals surface area contributed by atoms with Crippen molar-refractivity contribution < 1.29 is 4.79 Å². The van der Waals surface area contributed by atoms with E-state index < -0.39 is 0 Å². The third-order valence-electron chi connectivity index (χ3n) is 4.61. The van der Waals surface area contributed by atoms with E-state index in [9.17, 15) is 4.79 Å². The highest BCUT2D eigenvalue weighted by Crippen LogP contribution is 2.32. The first-order valence-corrected chi connectivity index (χ1v) is 9.47. The molecule has 0 unspecified atom stereocenters. The van der Waals surface area contributed by atoms with Gasteiger partial charge in [-0.1, -0.05) is 36.4 Å². The van der Waals surface area contributed by atoms with Gasteiger partial charge in [0.05, 0.1) is 5.69 Å². The van der Waals surface area contributed by atoms with Crippen molar-refractivity contribution in [2.24, 2.45) is 4.99 Å². The molecule has 0 bridgehead atoms. The van der Waals surface area contributed by atoms with E-state index in [0.29, 0.717) is 0 Å². The number of ketones is 1. The van der Waals surface area contributed by atoms with Crippen LogP contribution in [0.1, 0.15) is 38.3 Å². The molecule has 0 amide bonds. The quantitative estimate of drug-likeness (QED) is 0.504. The molecule has 0 spiro atoms. The fraction of sp³-hybridized carbons (Fsp3) is 0.250. The van der Waals surface area contributed by atoms with Crippen molar-refractivity contribution >= 4 is 28.9 Å². The third kappa shape index (κ3) is 4.62. The van der Waals surface area contributed by atoms with Gasteiger partial charge in [-0.15, -0.1) is 0 Å². The predicted molar refractivity (Wildman–Crippen MR) is 115 cm³/mol. The molecule has 3 rings (SSSR count). The van der Waals surface area contributed by atoms with Gasteiger partial charge in [0.1, 0.15) is 0 Å². The molecular weight excluding hydrogens is 332 g/mol. The maximum Gasteiger partial charge on any atom is 0.180 e. The third-order valence-corrected chi connectivity index (χ3v) is 4.61. The lowest BCUT2D eigenvalue weighted by Gasteiger charge is -2.32. The number of carbonyl (C=O) groups excluding carboxylic acids is 1. The molecule has 0 saturated carbocycles. The van der Waals surface area contributed by atoms with E-state index in [-0.39, 0.29) is 5.78 Å². The summed E-state index contributed by atoms with van der Waals surface area (Å²) in [4.78, 5) is 19.3. The van der Waals surface area contributed by atoms with Crippen LogP contribution in [-0.4, -0.2) is 18.0 Å². The first kappa shape index (κ1) is 18.8. The molecule has 0 aromatic heterocycles. The zero-order valence-corrected chi connectivity index (χ0v) is 16.3. The van der Waals surface area contributed by atoms with Gasteiger partial charge in [0, 0.05) is 35.3 Å². The lowest BCUT2D eigenvalue weighted by atomic mass is 9.98. The van der Waals surface area contributed by atoms with Crippen molar-refractivity contribution in [3.63, 3.8) is 0 Å². The molecule has 138 valence electrons. The minimum atomic E-state index is 0.00911. The Hall–Kier alpha value is -2.94. The number of nitrogens with zero attached hydrogens (tertiary/aromatic N) is 2. The Labute approximate surface area is 161 Å². The maximum absolute atomic E-state index is 12.6. The highest BCUT2D eigenvalue weighted by Gasteiger charge is 2.19. The van der Waals surface area contributed by atoms with E-state index in [0.717, 1.165) is 42.0 Å². The number of hydrogen-bond donors (Lipinski definition) is 0. The van der Waals surface area contributed by atoms with E-state index in [4.69, 9.17) is 0 Å². The molecule has 3 nitrogen and oxygen atoms in total. The summed E-state index contributed by atoms with van der Waals surface area (Å²) in [6.45, 7) is 6.91. The molecular formula is C24H26N2O. The van der Waals surface area contributed by atoms with Gasteiger partial charge in [0.2, 0.25) is 0 Å².